The van der Waals surface area contributed by atoms with Crippen LogP contribution in [-0.2, 0) is 16.1 Å². The van der Waals surface area contributed by atoms with Gasteiger partial charge in [-0.05, 0) is 6.07 Å². The number of hydrogen-bond donors (Lipinski definition) is 1. The zero-order valence-electron chi connectivity index (χ0n) is 9.20. The Labute approximate surface area is 103 Å². The molecule has 0 aliphatic carbocycles. The number of benzene rings is 1. The molecule has 1 aromatic rings. The second-order valence-electron chi connectivity index (χ2n) is 3.51. The Bertz CT molecular complexity index is 418. The van der Waals surface area contributed by atoms with Gasteiger partial charge in [0.05, 0.1) is 37.5 Å². The van der Waals surface area contributed by atoms with E-state index in [4.69, 9.17) is 30.9 Å². The topological polar surface area (TPSA) is 47.9 Å². The van der Waals surface area contributed by atoms with E-state index in [-0.39, 0.29) is 28.5 Å². The van der Waals surface area contributed by atoms with Gasteiger partial charge in [-0.2, -0.15) is 0 Å². The Morgan fingerprint density at radius 3 is 2.71 bits per heavy atom. The summed E-state index contributed by atoms with van der Waals surface area (Å²) in [4.78, 5) is 0. The molecular weight excluding hydrogens is 251 g/mol. The van der Waals surface area contributed by atoms with Crippen LogP contribution in [0.25, 0.3) is 0 Å². The summed E-state index contributed by atoms with van der Waals surface area (Å²) in [6.45, 7) is 0.429. The van der Waals surface area contributed by atoms with Gasteiger partial charge in [-0.15, -0.1) is 0 Å². The van der Waals surface area contributed by atoms with Crippen molar-refractivity contribution in [2.24, 2.45) is 0 Å². The molecule has 1 aliphatic rings. The third-order valence-electron chi connectivity index (χ3n) is 2.53. The van der Waals surface area contributed by atoms with Crippen molar-refractivity contribution in [3.05, 3.63) is 28.0 Å². The average molecular weight is 263 g/mol. The van der Waals surface area contributed by atoms with Crippen LogP contribution in [0.15, 0.2) is 6.07 Å². The van der Waals surface area contributed by atoms with Gasteiger partial charge in [-0.25, -0.2) is 4.39 Å². The molecule has 0 amide bonds. The highest BCUT2D eigenvalue weighted by Gasteiger charge is 2.28. The van der Waals surface area contributed by atoms with Crippen LogP contribution >= 0.6 is 11.6 Å². The lowest BCUT2D eigenvalue weighted by Gasteiger charge is -2.17. The minimum absolute atomic E-state index is 0.132. The molecular formula is C11H12ClFO4. The zero-order chi connectivity index (χ0) is 12.4. The van der Waals surface area contributed by atoms with E-state index in [2.05, 4.69) is 0 Å². The average Bonchev–Trinajstić information content (AvgIpc) is 2.85. The molecule has 0 bridgehead atoms. The first-order valence-corrected chi connectivity index (χ1v) is 5.45. The lowest BCUT2D eigenvalue weighted by atomic mass is 10.1. The van der Waals surface area contributed by atoms with Gasteiger partial charge in [-0.1, -0.05) is 11.6 Å². The molecule has 1 fully saturated rings. The molecule has 4 nitrogen and oxygen atoms in total. The van der Waals surface area contributed by atoms with Gasteiger partial charge in [0.25, 0.3) is 0 Å². The molecule has 6 heteroatoms. The summed E-state index contributed by atoms with van der Waals surface area (Å²) in [5.74, 6) is -0.426. The number of ether oxygens (including phenoxy) is 3. The first-order valence-electron chi connectivity index (χ1n) is 5.07. The van der Waals surface area contributed by atoms with Crippen molar-refractivity contribution in [1.29, 1.82) is 0 Å². The number of hydrogen-bond acceptors (Lipinski definition) is 4. The quantitative estimate of drug-likeness (QED) is 0.905. The van der Waals surface area contributed by atoms with Crippen LogP contribution in [-0.4, -0.2) is 25.4 Å². The summed E-state index contributed by atoms with van der Waals surface area (Å²) in [6.07, 6.45) is -0.810. The fraction of sp³-hybridized carbons (Fsp3) is 0.455. The smallest absolute Gasteiger partial charge is 0.190 e. The Morgan fingerprint density at radius 1 is 1.53 bits per heavy atom. The van der Waals surface area contributed by atoms with E-state index in [1.807, 2.05) is 0 Å². The van der Waals surface area contributed by atoms with Crippen LogP contribution < -0.4 is 4.74 Å². The lowest BCUT2D eigenvalue weighted by molar-refractivity contribution is -0.0479. The molecule has 1 saturated heterocycles. The molecule has 0 spiro atoms. The fourth-order valence-electron chi connectivity index (χ4n) is 1.70. The number of rotatable bonds is 3. The summed E-state index contributed by atoms with van der Waals surface area (Å²) < 4.78 is 29.6. The van der Waals surface area contributed by atoms with Gasteiger partial charge in [0, 0.05) is 5.56 Å². The van der Waals surface area contributed by atoms with E-state index in [1.165, 1.54) is 13.2 Å². The van der Waals surface area contributed by atoms with Gasteiger partial charge in [0.2, 0.25) is 0 Å². The summed E-state index contributed by atoms with van der Waals surface area (Å²) >= 11 is 5.80. The van der Waals surface area contributed by atoms with E-state index in [1.54, 1.807) is 0 Å². The second kappa shape index (κ2) is 5.18. The normalized spacial score (nSPS) is 16.5. The summed E-state index contributed by atoms with van der Waals surface area (Å²) in [7, 11) is 1.41. The number of aliphatic hydroxyl groups excluding tert-OH is 1. The maximum absolute atomic E-state index is 14.1. The third-order valence-corrected chi connectivity index (χ3v) is 2.94. The van der Waals surface area contributed by atoms with E-state index >= 15 is 0 Å². The van der Waals surface area contributed by atoms with E-state index in [9.17, 15) is 4.39 Å². The number of methoxy groups -OCH3 is 1. The van der Waals surface area contributed by atoms with Crippen LogP contribution in [0.3, 0.4) is 0 Å². The standard InChI is InChI=1S/C11H12ClFO4/c1-15-7-4-6(5-14)9(12)10(13)8(7)11-16-2-3-17-11/h4,11,14H,2-3,5H2,1H3. The lowest BCUT2D eigenvalue weighted by Crippen LogP contribution is -2.07. The van der Waals surface area contributed by atoms with Crippen molar-refractivity contribution in [3.63, 3.8) is 0 Å². The molecule has 0 atom stereocenters. The molecule has 1 aliphatic heterocycles. The van der Waals surface area contributed by atoms with E-state index in [0.29, 0.717) is 13.2 Å². The highest BCUT2D eigenvalue weighted by atomic mass is 35.5. The van der Waals surface area contributed by atoms with Crippen molar-refractivity contribution in [2.75, 3.05) is 20.3 Å². The van der Waals surface area contributed by atoms with Crippen LogP contribution in [0, 0.1) is 5.82 Å². The number of aliphatic hydroxyl groups is 1. The predicted octanol–water partition coefficient (Wildman–Crippen LogP) is 2.03. The minimum Gasteiger partial charge on any atom is -0.496 e. The van der Waals surface area contributed by atoms with Gasteiger partial charge in [-0.3, -0.25) is 0 Å². The molecule has 0 saturated carbocycles. The number of halogens is 2. The van der Waals surface area contributed by atoms with Crippen LogP contribution in [0.2, 0.25) is 5.02 Å². The van der Waals surface area contributed by atoms with Crippen molar-refractivity contribution in [1.82, 2.24) is 0 Å². The Morgan fingerprint density at radius 2 is 2.18 bits per heavy atom. The predicted molar refractivity (Wildman–Crippen MR) is 58.5 cm³/mol. The van der Waals surface area contributed by atoms with Gasteiger partial charge in [0.15, 0.2) is 12.1 Å². The van der Waals surface area contributed by atoms with Crippen molar-refractivity contribution >= 4 is 11.6 Å². The first-order chi connectivity index (χ1) is 8.19. The summed E-state index contributed by atoms with van der Waals surface area (Å²) in [6, 6.07) is 1.48. The molecule has 2 rings (SSSR count). The summed E-state index contributed by atoms with van der Waals surface area (Å²) in [5, 5.41) is 8.91. The van der Waals surface area contributed by atoms with Gasteiger partial charge in [0.1, 0.15) is 5.75 Å². The Balaban J connectivity index is 2.52. The highest BCUT2D eigenvalue weighted by molar-refractivity contribution is 6.31. The fourth-order valence-corrected chi connectivity index (χ4v) is 1.91. The maximum atomic E-state index is 14.1. The first kappa shape index (κ1) is 12.6. The van der Waals surface area contributed by atoms with Gasteiger partial charge >= 0.3 is 0 Å². The SMILES string of the molecule is COc1cc(CO)c(Cl)c(F)c1C1OCCO1. The van der Waals surface area contributed by atoms with E-state index < -0.39 is 12.1 Å². The summed E-state index contributed by atoms with van der Waals surface area (Å²) in [5.41, 5.74) is 0.398. The molecule has 17 heavy (non-hydrogen) atoms. The third kappa shape index (κ3) is 2.24. The zero-order valence-corrected chi connectivity index (χ0v) is 9.96. The van der Waals surface area contributed by atoms with Crippen molar-refractivity contribution in [3.8, 4) is 5.75 Å². The highest BCUT2D eigenvalue weighted by Crippen LogP contribution is 2.38. The van der Waals surface area contributed by atoms with E-state index in [0.717, 1.165) is 0 Å². The van der Waals surface area contributed by atoms with Crippen LogP contribution in [0.5, 0.6) is 5.75 Å². The van der Waals surface area contributed by atoms with Crippen molar-refractivity contribution in [2.45, 2.75) is 12.9 Å². The van der Waals surface area contributed by atoms with Crippen LogP contribution in [0.4, 0.5) is 4.39 Å². The maximum Gasteiger partial charge on any atom is 0.190 e. The van der Waals surface area contributed by atoms with Gasteiger partial charge < -0.3 is 19.3 Å². The van der Waals surface area contributed by atoms with Crippen LogP contribution in [0.1, 0.15) is 17.4 Å². The molecule has 0 unspecified atom stereocenters. The minimum atomic E-state index is -0.810. The molecule has 0 aromatic heterocycles. The molecule has 1 N–H and O–H groups in total. The molecule has 0 radical (unpaired) electrons. The largest absolute Gasteiger partial charge is 0.496 e. The molecule has 94 valence electrons. The monoisotopic (exact) mass is 262 g/mol. The Hall–Kier alpha value is -0.880. The molecule has 1 heterocycles. The second-order valence-corrected chi connectivity index (χ2v) is 3.89. The Kier molecular flexibility index (Phi) is 3.83. The van der Waals surface area contributed by atoms with Crippen molar-refractivity contribution < 1.29 is 23.7 Å². The molecule has 1 aromatic carbocycles.